The van der Waals surface area contributed by atoms with Crippen LogP contribution >= 0.6 is 0 Å². The summed E-state index contributed by atoms with van der Waals surface area (Å²) in [7, 11) is 0. The van der Waals surface area contributed by atoms with E-state index in [1.165, 1.54) is 5.56 Å². The fourth-order valence-electron chi connectivity index (χ4n) is 2.94. The first-order valence-electron chi connectivity index (χ1n) is 6.53. The Labute approximate surface area is 110 Å². The van der Waals surface area contributed by atoms with E-state index >= 15 is 0 Å². The van der Waals surface area contributed by atoms with Gasteiger partial charge in [-0.1, -0.05) is 12.1 Å². The van der Waals surface area contributed by atoms with Crippen LogP contribution in [0.4, 0.5) is 5.69 Å². The van der Waals surface area contributed by atoms with E-state index in [0.29, 0.717) is 0 Å². The summed E-state index contributed by atoms with van der Waals surface area (Å²) >= 11 is 0. The molecule has 0 saturated carbocycles. The first-order chi connectivity index (χ1) is 8.26. The van der Waals surface area contributed by atoms with Gasteiger partial charge in [-0.05, 0) is 45.4 Å². The molecule has 100 valence electrons. The van der Waals surface area contributed by atoms with Gasteiger partial charge in [0.05, 0.1) is 11.2 Å². The number of hydrogen-bond donors (Lipinski definition) is 1. The molecule has 18 heavy (non-hydrogen) atoms. The molecule has 0 bridgehead atoms. The lowest BCUT2D eigenvalue weighted by atomic mass is 9.98. The molecule has 3 nitrogen and oxygen atoms in total. The molecule has 1 aliphatic rings. The van der Waals surface area contributed by atoms with Crippen LogP contribution in [0.2, 0.25) is 0 Å². The van der Waals surface area contributed by atoms with Crippen LogP contribution in [0.1, 0.15) is 33.3 Å². The van der Waals surface area contributed by atoms with Crippen molar-refractivity contribution in [2.75, 3.05) is 18.8 Å². The second-order valence-corrected chi connectivity index (χ2v) is 6.51. The highest BCUT2D eigenvalue weighted by molar-refractivity contribution is 5.39. The van der Waals surface area contributed by atoms with Gasteiger partial charge in [-0.2, -0.15) is 0 Å². The fourth-order valence-corrected chi connectivity index (χ4v) is 2.94. The summed E-state index contributed by atoms with van der Waals surface area (Å²) in [4.78, 5) is 2.45. The number of nitrogens with zero attached hydrogens (tertiary/aromatic N) is 1. The molecule has 2 rings (SSSR count). The van der Waals surface area contributed by atoms with Gasteiger partial charge in [-0.25, -0.2) is 0 Å². The van der Waals surface area contributed by atoms with Crippen molar-refractivity contribution >= 4 is 5.69 Å². The van der Waals surface area contributed by atoms with Crippen LogP contribution in [0.15, 0.2) is 24.3 Å². The lowest BCUT2D eigenvalue weighted by Gasteiger charge is -2.47. The third kappa shape index (κ3) is 3.47. The molecule has 1 aromatic carbocycles. The third-order valence-electron chi connectivity index (χ3n) is 3.15. The molecule has 0 aliphatic carbocycles. The standard InChI is InChI=1S/C15H24N2O/c1-14(2)10-17(11-15(3,4)18-14)9-12-5-7-13(16)8-6-12/h5-8H,9-11,16H2,1-4H3. The van der Waals surface area contributed by atoms with E-state index in [9.17, 15) is 0 Å². The van der Waals surface area contributed by atoms with Crippen LogP contribution in [-0.4, -0.2) is 29.2 Å². The Bertz CT molecular complexity index is 393. The Morgan fingerprint density at radius 2 is 1.56 bits per heavy atom. The van der Waals surface area contributed by atoms with Crippen LogP contribution in [0, 0.1) is 0 Å². The Morgan fingerprint density at radius 1 is 1.06 bits per heavy atom. The fraction of sp³-hybridized carbons (Fsp3) is 0.600. The van der Waals surface area contributed by atoms with E-state index in [0.717, 1.165) is 25.3 Å². The van der Waals surface area contributed by atoms with Crippen molar-refractivity contribution in [2.45, 2.75) is 45.4 Å². The van der Waals surface area contributed by atoms with E-state index in [-0.39, 0.29) is 11.2 Å². The van der Waals surface area contributed by atoms with Crippen LogP contribution in [0.3, 0.4) is 0 Å². The molecular weight excluding hydrogens is 224 g/mol. The van der Waals surface area contributed by atoms with Gasteiger partial charge in [0.2, 0.25) is 0 Å². The minimum atomic E-state index is -0.0877. The SMILES string of the molecule is CC1(C)CN(Cc2ccc(N)cc2)CC(C)(C)O1. The molecule has 1 aromatic rings. The topological polar surface area (TPSA) is 38.5 Å². The molecule has 1 heterocycles. The molecule has 1 aliphatic heterocycles. The van der Waals surface area contributed by atoms with Crippen molar-refractivity contribution in [1.82, 2.24) is 4.90 Å². The molecule has 0 radical (unpaired) electrons. The first-order valence-corrected chi connectivity index (χ1v) is 6.53. The summed E-state index contributed by atoms with van der Waals surface area (Å²) in [5.74, 6) is 0. The van der Waals surface area contributed by atoms with E-state index in [1.807, 2.05) is 12.1 Å². The van der Waals surface area contributed by atoms with E-state index in [1.54, 1.807) is 0 Å². The van der Waals surface area contributed by atoms with Crippen molar-refractivity contribution in [3.8, 4) is 0 Å². The highest BCUT2D eigenvalue weighted by Gasteiger charge is 2.37. The Hall–Kier alpha value is -1.06. The first kappa shape index (κ1) is 13.4. The van der Waals surface area contributed by atoms with Crippen molar-refractivity contribution in [3.05, 3.63) is 29.8 Å². The number of morpholine rings is 1. The summed E-state index contributed by atoms with van der Waals surface area (Å²) in [5, 5.41) is 0. The van der Waals surface area contributed by atoms with Gasteiger partial charge in [0.25, 0.3) is 0 Å². The van der Waals surface area contributed by atoms with Gasteiger partial charge >= 0.3 is 0 Å². The number of hydrogen-bond acceptors (Lipinski definition) is 3. The van der Waals surface area contributed by atoms with Crippen LogP contribution < -0.4 is 5.73 Å². The number of rotatable bonds is 2. The molecule has 0 unspecified atom stereocenters. The summed E-state index contributed by atoms with van der Waals surface area (Å²) < 4.78 is 6.09. The zero-order valence-electron chi connectivity index (χ0n) is 11.9. The number of benzene rings is 1. The van der Waals surface area contributed by atoms with Crippen LogP contribution in [-0.2, 0) is 11.3 Å². The number of nitrogens with two attached hydrogens (primary N) is 1. The summed E-state index contributed by atoms with van der Waals surface area (Å²) in [5.41, 5.74) is 7.66. The average molecular weight is 248 g/mol. The summed E-state index contributed by atoms with van der Waals surface area (Å²) in [6, 6.07) is 8.13. The molecule has 0 spiro atoms. The second-order valence-electron chi connectivity index (χ2n) is 6.51. The normalized spacial score (nSPS) is 22.9. The maximum atomic E-state index is 6.09. The number of ether oxygens (including phenoxy) is 1. The maximum Gasteiger partial charge on any atom is 0.0760 e. The van der Waals surface area contributed by atoms with E-state index in [4.69, 9.17) is 10.5 Å². The van der Waals surface area contributed by atoms with E-state index in [2.05, 4.69) is 44.7 Å². The monoisotopic (exact) mass is 248 g/mol. The molecule has 0 amide bonds. The maximum absolute atomic E-state index is 6.09. The molecular formula is C15H24N2O. The Balaban J connectivity index is 2.07. The molecule has 1 fully saturated rings. The van der Waals surface area contributed by atoms with E-state index < -0.39 is 0 Å². The Kier molecular flexibility index (Phi) is 3.39. The molecule has 1 saturated heterocycles. The summed E-state index contributed by atoms with van der Waals surface area (Å²) in [6.45, 7) is 11.5. The molecule has 0 aromatic heterocycles. The largest absolute Gasteiger partial charge is 0.399 e. The smallest absolute Gasteiger partial charge is 0.0760 e. The zero-order chi connectivity index (χ0) is 13.4. The second kappa shape index (κ2) is 4.56. The van der Waals surface area contributed by atoms with Crippen molar-refractivity contribution in [3.63, 3.8) is 0 Å². The van der Waals surface area contributed by atoms with Crippen LogP contribution in [0.25, 0.3) is 0 Å². The third-order valence-corrected chi connectivity index (χ3v) is 3.15. The zero-order valence-corrected chi connectivity index (χ0v) is 11.9. The van der Waals surface area contributed by atoms with Gasteiger partial charge in [-0.3, -0.25) is 4.90 Å². The highest BCUT2D eigenvalue weighted by atomic mass is 16.5. The molecule has 2 N–H and O–H groups in total. The van der Waals surface area contributed by atoms with Crippen molar-refractivity contribution in [2.24, 2.45) is 0 Å². The average Bonchev–Trinajstić information content (AvgIpc) is 2.16. The lowest BCUT2D eigenvalue weighted by molar-refractivity contribution is -0.182. The molecule has 3 heteroatoms. The minimum absolute atomic E-state index is 0.0877. The molecule has 0 atom stereocenters. The van der Waals surface area contributed by atoms with Gasteiger partial charge < -0.3 is 10.5 Å². The van der Waals surface area contributed by atoms with Gasteiger partial charge in [-0.15, -0.1) is 0 Å². The van der Waals surface area contributed by atoms with Crippen LogP contribution in [0.5, 0.6) is 0 Å². The number of nitrogen functional groups attached to an aromatic ring is 1. The minimum Gasteiger partial charge on any atom is -0.399 e. The summed E-state index contributed by atoms with van der Waals surface area (Å²) in [6.07, 6.45) is 0. The predicted octanol–water partition coefficient (Wildman–Crippen LogP) is 2.66. The number of anilines is 1. The lowest BCUT2D eigenvalue weighted by Crippen LogP contribution is -2.56. The van der Waals surface area contributed by atoms with Gasteiger partial charge in [0, 0.05) is 25.3 Å². The van der Waals surface area contributed by atoms with Gasteiger partial charge in [0.15, 0.2) is 0 Å². The highest BCUT2D eigenvalue weighted by Crippen LogP contribution is 2.28. The predicted molar refractivity (Wildman–Crippen MR) is 75.4 cm³/mol. The quantitative estimate of drug-likeness (QED) is 0.818. The Morgan fingerprint density at radius 3 is 2.06 bits per heavy atom. The van der Waals surface area contributed by atoms with Crippen molar-refractivity contribution < 1.29 is 4.74 Å². The van der Waals surface area contributed by atoms with Crippen molar-refractivity contribution in [1.29, 1.82) is 0 Å². The van der Waals surface area contributed by atoms with Gasteiger partial charge in [0.1, 0.15) is 0 Å².